The topological polar surface area (TPSA) is 60.2 Å². The second kappa shape index (κ2) is 7.03. The van der Waals surface area contributed by atoms with Crippen LogP contribution in [0.1, 0.15) is 66.2 Å². The maximum absolute atomic E-state index is 13.1. The third-order valence-corrected chi connectivity index (χ3v) is 5.66. The summed E-state index contributed by atoms with van der Waals surface area (Å²) in [7, 11) is 1.87. The Kier molecular flexibility index (Phi) is 4.72. The Labute approximate surface area is 158 Å². The first kappa shape index (κ1) is 18.1. The normalized spacial score (nSPS) is 23.3. The van der Waals surface area contributed by atoms with Crippen molar-refractivity contribution in [3.05, 3.63) is 46.8 Å². The van der Waals surface area contributed by atoms with Crippen molar-refractivity contribution >= 4 is 5.91 Å². The van der Waals surface area contributed by atoms with E-state index in [9.17, 15) is 9.18 Å². The smallest absolute Gasteiger partial charge is 0.274 e. The van der Waals surface area contributed by atoms with Crippen molar-refractivity contribution in [2.24, 2.45) is 7.05 Å². The van der Waals surface area contributed by atoms with Crippen molar-refractivity contribution in [1.29, 1.82) is 0 Å². The molecule has 7 heteroatoms. The SMILES string of the molecule is C[C@@H]1Cc2c(C(=O)N3CCC(c4ccc(F)cn4)CC3)nn(C)c2[C@H](C)O1. The zero-order chi connectivity index (χ0) is 19.1. The van der Waals surface area contributed by atoms with Gasteiger partial charge in [-0.2, -0.15) is 5.10 Å². The molecule has 4 heterocycles. The fourth-order valence-corrected chi connectivity index (χ4v) is 4.37. The molecule has 0 N–H and O–H groups in total. The molecule has 2 aromatic rings. The molecule has 2 aliphatic heterocycles. The molecule has 1 fully saturated rings. The highest BCUT2D eigenvalue weighted by Crippen LogP contribution is 2.33. The van der Waals surface area contributed by atoms with Crippen LogP contribution >= 0.6 is 0 Å². The lowest BCUT2D eigenvalue weighted by atomic mass is 9.92. The zero-order valence-corrected chi connectivity index (χ0v) is 16.0. The van der Waals surface area contributed by atoms with E-state index in [0.29, 0.717) is 25.2 Å². The number of fused-ring (bicyclic) bond motifs is 1. The van der Waals surface area contributed by atoms with Gasteiger partial charge >= 0.3 is 0 Å². The van der Waals surface area contributed by atoms with E-state index < -0.39 is 0 Å². The zero-order valence-electron chi connectivity index (χ0n) is 16.0. The molecule has 1 saturated heterocycles. The Morgan fingerprint density at radius 3 is 2.67 bits per heavy atom. The van der Waals surface area contributed by atoms with E-state index in [2.05, 4.69) is 10.1 Å². The fraction of sp³-hybridized carbons (Fsp3) is 0.550. The number of pyridine rings is 1. The predicted molar refractivity (Wildman–Crippen MR) is 97.9 cm³/mol. The van der Waals surface area contributed by atoms with Gasteiger partial charge in [-0.15, -0.1) is 0 Å². The summed E-state index contributed by atoms with van der Waals surface area (Å²) in [5, 5.41) is 4.53. The van der Waals surface area contributed by atoms with Crippen molar-refractivity contribution in [3.8, 4) is 0 Å². The third-order valence-electron chi connectivity index (χ3n) is 5.66. The van der Waals surface area contributed by atoms with Crippen molar-refractivity contribution < 1.29 is 13.9 Å². The second-order valence-electron chi connectivity index (χ2n) is 7.60. The van der Waals surface area contributed by atoms with Crippen LogP contribution in [0.15, 0.2) is 18.3 Å². The highest BCUT2D eigenvalue weighted by atomic mass is 19.1. The maximum atomic E-state index is 13.1. The minimum Gasteiger partial charge on any atom is -0.369 e. The van der Waals surface area contributed by atoms with Crippen molar-refractivity contribution in [2.45, 2.75) is 51.2 Å². The molecule has 0 bridgehead atoms. The lowest BCUT2D eigenvalue weighted by molar-refractivity contribution is -0.00907. The van der Waals surface area contributed by atoms with E-state index in [1.807, 2.05) is 25.8 Å². The minimum atomic E-state index is -0.321. The van der Waals surface area contributed by atoms with Crippen LogP contribution in [0.5, 0.6) is 0 Å². The summed E-state index contributed by atoms with van der Waals surface area (Å²) in [6, 6.07) is 3.19. The lowest BCUT2D eigenvalue weighted by Gasteiger charge is -2.32. The van der Waals surface area contributed by atoms with Gasteiger partial charge in [-0.25, -0.2) is 4.39 Å². The number of rotatable bonds is 2. The average Bonchev–Trinajstić information content (AvgIpc) is 2.98. The second-order valence-corrected chi connectivity index (χ2v) is 7.60. The van der Waals surface area contributed by atoms with Gasteiger partial charge in [0.15, 0.2) is 5.69 Å². The van der Waals surface area contributed by atoms with Crippen LogP contribution in [0.2, 0.25) is 0 Å². The first-order chi connectivity index (χ1) is 12.9. The Balaban J connectivity index is 1.49. The number of aromatic nitrogens is 3. The highest BCUT2D eigenvalue weighted by Gasteiger charge is 2.34. The summed E-state index contributed by atoms with van der Waals surface area (Å²) in [5.74, 6) is -0.0573. The molecule has 6 nitrogen and oxygen atoms in total. The number of hydrogen-bond acceptors (Lipinski definition) is 4. The Bertz CT molecular complexity index is 840. The molecule has 1 amide bonds. The molecular weight excluding hydrogens is 347 g/mol. The van der Waals surface area contributed by atoms with Gasteiger partial charge in [0.1, 0.15) is 5.82 Å². The van der Waals surface area contributed by atoms with Crippen LogP contribution in [0, 0.1) is 5.82 Å². The first-order valence-electron chi connectivity index (χ1n) is 9.56. The number of piperidine rings is 1. The Hall–Kier alpha value is -2.28. The largest absolute Gasteiger partial charge is 0.369 e. The molecule has 4 rings (SSSR count). The van der Waals surface area contributed by atoms with Crippen LogP contribution in [0.4, 0.5) is 4.39 Å². The molecule has 2 atom stereocenters. The molecular formula is C20H25FN4O2. The summed E-state index contributed by atoms with van der Waals surface area (Å²) in [6.45, 7) is 5.36. The van der Waals surface area contributed by atoms with E-state index in [4.69, 9.17) is 4.74 Å². The van der Waals surface area contributed by atoms with E-state index in [0.717, 1.165) is 29.8 Å². The van der Waals surface area contributed by atoms with Gasteiger partial charge in [0.05, 0.1) is 24.1 Å². The van der Waals surface area contributed by atoms with Gasteiger partial charge in [0, 0.05) is 43.7 Å². The summed E-state index contributed by atoms with van der Waals surface area (Å²) in [4.78, 5) is 19.2. The van der Waals surface area contributed by atoms with Crippen molar-refractivity contribution in [1.82, 2.24) is 19.7 Å². The van der Waals surface area contributed by atoms with Gasteiger partial charge in [-0.1, -0.05) is 0 Å². The van der Waals surface area contributed by atoms with Crippen LogP contribution in [0.25, 0.3) is 0 Å². The third kappa shape index (κ3) is 3.36. The van der Waals surface area contributed by atoms with Gasteiger partial charge in [0.2, 0.25) is 0 Å². The lowest BCUT2D eigenvalue weighted by Crippen LogP contribution is -2.39. The highest BCUT2D eigenvalue weighted by molar-refractivity contribution is 5.94. The van der Waals surface area contributed by atoms with Gasteiger partial charge in [-0.05, 0) is 38.8 Å². The fourth-order valence-electron chi connectivity index (χ4n) is 4.37. The molecule has 2 aliphatic rings. The molecule has 27 heavy (non-hydrogen) atoms. The van der Waals surface area contributed by atoms with E-state index in [1.54, 1.807) is 10.7 Å². The van der Waals surface area contributed by atoms with Crippen LogP contribution in [-0.2, 0) is 18.2 Å². The predicted octanol–water partition coefficient (Wildman–Crippen LogP) is 3.00. The van der Waals surface area contributed by atoms with E-state index >= 15 is 0 Å². The number of carbonyl (C=O) groups is 1. The molecule has 0 unspecified atom stereocenters. The number of aryl methyl sites for hydroxylation is 1. The maximum Gasteiger partial charge on any atom is 0.274 e. The van der Waals surface area contributed by atoms with Crippen LogP contribution in [0.3, 0.4) is 0 Å². The quantitative estimate of drug-likeness (QED) is 0.813. The molecule has 144 valence electrons. The van der Waals surface area contributed by atoms with E-state index in [-0.39, 0.29) is 29.9 Å². The molecule has 0 aromatic carbocycles. The number of carbonyl (C=O) groups excluding carboxylic acids is 1. The van der Waals surface area contributed by atoms with E-state index in [1.165, 1.54) is 12.3 Å². The molecule has 0 spiro atoms. The van der Waals surface area contributed by atoms with Gasteiger partial charge in [-0.3, -0.25) is 14.5 Å². The minimum absolute atomic E-state index is 0.00124. The number of halogens is 1. The monoisotopic (exact) mass is 372 g/mol. The number of amides is 1. The number of likely N-dealkylation sites (tertiary alicyclic amines) is 1. The summed E-state index contributed by atoms with van der Waals surface area (Å²) in [6.07, 6.45) is 3.66. The Morgan fingerprint density at radius 2 is 2.00 bits per heavy atom. The summed E-state index contributed by atoms with van der Waals surface area (Å²) >= 11 is 0. The number of hydrogen-bond donors (Lipinski definition) is 0. The van der Waals surface area contributed by atoms with Crippen molar-refractivity contribution in [3.63, 3.8) is 0 Å². The van der Waals surface area contributed by atoms with Gasteiger partial charge in [0.25, 0.3) is 5.91 Å². The van der Waals surface area contributed by atoms with Crippen LogP contribution < -0.4 is 0 Å². The molecule has 0 radical (unpaired) electrons. The standard InChI is InChI=1S/C20H25FN4O2/c1-12-10-16-18(23-24(3)19(16)13(2)27-12)20(26)25-8-6-14(7-9-25)17-5-4-15(21)11-22-17/h4-5,11-14H,6-10H2,1-3H3/t12-,13+/m1/s1. The molecule has 0 aliphatic carbocycles. The number of nitrogens with zero attached hydrogens (tertiary/aromatic N) is 4. The molecule has 2 aromatic heterocycles. The molecule has 0 saturated carbocycles. The summed E-state index contributed by atoms with van der Waals surface area (Å²) in [5.41, 5.74) is 3.49. The van der Waals surface area contributed by atoms with Crippen LogP contribution in [-0.4, -0.2) is 44.8 Å². The first-order valence-corrected chi connectivity index (χ1v) is 9.56. The van der Waals surface area contributed by atoms with Crippen molar-refractivity contribution in [2.75, 3.05) is 13.1 Å². The van der Waals surface area contributed by atoms with Gasteiger partial charge < -0.3 is 9.64 Å². The Morgan fingerprint density at radius 1 is 1.26 bits per heavy atom. The number of ether oxygens (including phenoxy) is 1. The average molecular weight is 372 g/mol. The summed E-state index contributed by atoms with van der Waals surface area (Å²) < 4.78 is 20.7.